The largest absolute Gasteiger partial charge is 0.461 e. The number of halogens is 1. The van der Waals surface area contributed by atoms with E-state index in [0.29, 0.717) is 22.1 Å². The van der Waals surface area contributed by atoms with Crippen LogP contribution in [0.5, 0.6) is 0 Å². The Morgan fingerprint density at radius 3 is 2.39 bits per heavy atom. The molecule has 0 unspecified atom stereocenters. The summed E-state index contributed by atoms with van der Waals surface area (Å²) in [6.07, 6.45) is -0.145. The second-order valence-corrected chi connectivity index (χ2v) is 6.61. The van der Waals surface area contributed by atoms with E-state index in [4.69, 9.17) is 9.15 Å². The maximum atomic E-state index is 12.9. The Morgan fingerprint density at radius 2 is 1.68 bits per heavy atom. The van der Waals surface area contributed by atoms with E-state index in [1.54, 1.807) is 6.07 Å². The van der Waals surface area contributed by atoms with E-state index in [1.807, 2.05) is 19.9 Å². The molecule has 0 atom stereocenters. The molecular weight excluding hydrogens is 363 g/mol. The molecule has 0 bridgehead atoms. The van der Waals surface area contributed by atoms with Gasteiger partial charge in [0.1, 0.15) is 18.0 Å². The van der Waals surface area contributed by atoms with Crippen molar-refractivity contribution in [3.05, 3.63) is 81.0 Å². The number of fused-ring (bicyclic) bond motifs is 1. The van der Waals surface area contributed by atoms with Crippen LogP contribution in [0.4, 0.5) is 4.39 Å². The molecule has 0 saturated carbocycles. The fourth-order valence-electron chi connectivity index (χ4n) is 2.83. The summed E-state index contributed by atoms with van der Waals surface area (Å²) in [5.41, 5.74) is 2.82. The maximum absolute atomic E-state index is 12.9. The van der Waals surface area contributed by atoms with E-state index in [2.05, 4.69) is 0 Å². The minimum absolute atomic E-state index is 0.0412. The van der Waals surface area contributed by atoms with Gasteiger partial charge in [-0.1, -0.05) is 0 Å². The molecule has 0 radical (unpaired) electrons. The Bertz CT molecular complexity index is 1100. The van der Waals surface area contributed by atoms with E-state index >= 15 is 0 Å². The van der Waals surface area contributed by atoms with Crippen molar-refractivity contribution in [1.29, 1.82) is 0 Å². The van der Waals surface area contributed by atoms with Gasteiger partial charge >= 0.3 is 11.6 Å². The molecule has 0 aliphatic rings. The fraction of sp³-hybridized carbons (Fsp3) is 0.227. The standard InChI is InChI=1S/C22H19FO5/c1-13-9-18-16(11-22(26)28-20(18)10-14(13)2)12-27-21(25)8-7-19(24)15-3-5-17(23)6-4-15/h3-6,9-11H,7-8,12H2,1-2H3. The van der Waals surface area contributed by atoms with Crippen LogP contribution in [0.25, 0.3) is 11.0 Å². The predicted molar refractivity (Wildman–Crippen MR) is 102 cm³/mol. The minimum atomic E-state index is -0.555. The lowest BCUT2D eigenvalue weighted by atomic mass is 10.0. The molecule has 2 aromatic carbocycles. The van der Waals surface area contributed by atoms with Crippen LogP contribution in [0.3, 0.4) is 0 Å². The van der Waals surface area contributed by atoms with Gasteiger partial charge in [-0.25, -0.2) is 9.18 Å². The Kier molecular flexibility index (Phi) is 5.68. The molecule has 1 aromatic heterocycles. The highest BCUT2D eigenvalue weighted by molar-refractivity contribution is 5.97. The van der Waals surface area contributed by atoms with Crippen LogP contribution in [-0.2, 0) is 16.1 Å². The summed E-state index contributed by atoms with van der Waals surface area (Å²) in [7, 11) is 0. The molecule has 0 aliphatic heterocycles. The zero-order valence-corrected chi connectivity index (χ0v) is 15.6. The molecule has 5 nitrogen and oxygen atoms in total. The number of hydrogen-bond donors (Lipinski definition) is 0. The molecule has 1 heterocycles. The lowest BCUT2D eigenvalue weighted by molar-refractivity contribution is -0.144. The highest BCUT2D eigenvalue weighted by Gasteiger charge is 2.13. The van der Waals surface area contributed by atoms with Crippen molar-refractivity contribution in [2.24, 2.45) is 0 Å². The van der Waals surface area contributed by atoms with Crippen molar-refractivity contribution >= 4 is 22.7 Å². The monoisotopic (exact) mass is 382 g/mol. The average Bonchev–Trinajstić information content (AvgIpc) is 2.66. The first-order valence-electron chi connectivity index (χ1n) is 8.82. The van der Waals surface area contributed by atoms with Gasteiger partial charge < -0.3 is 9.15 Å². The summed E-state index contributed by atoms with van der Waals surface area (Å²) in [6, 6.07) is 10.1. The highest BCUT2D eigenvalue weighted by atomic mass is 19.1. The molecule has 3 rings (SSSR count). The third-order valence-electron chi connectivity index (χ3n) is 4.56. The van der Waals surface area contributed by atoms with Gasteiger partial charge in [0.25, 0.3) is 0 Å². The number of carbonyl (C=O) groups excluding carboxylic acids is 2. The summed E-state index contributed by atoms with van der Waals surface area (Å²) in [5.74, 6) is -1.25. The second kappa shape index (κ2) is 8.17. The molecular formula is C22H19FO5. The van der Waals surface area contributed by atoms with E-state index in [9.17, 15) is 18.8 Å². The van der Waals surface area contributed by atoms with E-state index in [-0.39, 0.29) is 25.2 Å². The first-order valence-corrected chi connectivity index (χ1v) is 8.82. The van der Waals surface area contributed by atoms with Crippen molar-refractivity contribution < 1.29 is 23.1 Å². The van der Waals surface area contributed by atoms with Crippen LogP contribution in [-0.4, -0.2) is 11.8 Å². The Balaban J connectivity index is 1.64. The van der Waals surface area contributed by atoms with Gasteiger partial charge in [0.15, 0.2) is 5.78 Å². The third-order valence-corrected chi connectivity index (χ3v) is 4.56. The minimum Gasteiger partial charge on any atom is -0.461 e. The van der Waals surface area contributed by atoms with Gasteiger partial charge in [-0.15, -0.1) is 0 Å². The molecule has 0 amide bonds. The molecule has 0 spiro atoms. The number of ether oxygens (including phenoxy) is 1. The first kappa shape index (κ1) is 19.5. The van der Waals surface area contributed by atoms with Gasteiger partial charge in [-0.3, -0.25) is 9.59 Å². The van der Waals surface area contributed by atoms with Crippen molar-refractivity contribution in [2.75, 3.05) is 0 Å². The SMILES string of the molecule is Cc1cc2oc(=O)cc(COC(=O)CCC(=O)c3ccc(F)cc3)c2cc1C. The van der Waals surface area contributed by atoms with Crippen LogP contribution in [0.15, 0.2) is 51.7 Å². The second-order valence-electron chi connectivity index (χ2n) is 6.61. The van der Waals surface area contributed by atoms with Gasteiger partial charge in [0.2, 0.25) is 0 Å². The highest BCUT2D eigenvalue weighted by Crippen LogP contribution is 2.22. The summed E-state index contributed by atoms with van der Waals surface area (Å²) in [4.78, 5) is 35.8. The zero-order valence-electron chi connectivity index (χ0n) is 15.6. The number of carbonyl (C=O) groups is 2. The molecule has 144 valence electrons. The Labute approximate surface area is 160 Å². The predicted octanol–water partition coefficient (Wildman–Crippen LogP) is 4.26. The van der Waals surface area contributed by atoms with Crippen LogP contribution in [0.2, 0.25) is 0 Å². The fourth-order valence-corrected chi connectivity index (χ4v) is 2.83. The zero-order chi connectivity index (χ0) is 20.3. The van der Waals surface area contributed by atoms with Crippen molar-refractivity contribution in [3.8, 4) is 0 Å². The first-order chi connectivity index (χ1) is 13.3. The smallest absolute Gasteiger partial charge is 0.336 e. The van der Waals surface area contributed by atoms with Gasteiger partial charge in [0, 0.05) is 29.0 Å². The summed E-state index contributed by atoms with van der Waals surface area (Å²) >= 11 is 0. The normalized spacial score (nSPS) is 10.8. The molecule has 6 heteroatoms. The van der Waals surface area contributed by atoms with Crippen molar-refractivity contribution in [3.63, 3.8) is 0 Å². The summed E-state index contributed by atoms with van der Waals surface area (Å²) < 4.78 is 23.3. The molecule has 0 aliphatic carbocycles. The number of esters is 1. The van der Waals surface area contributed by atoms with Crippen molar-refractivity contribution in [1.82, 2.24) is 0 Å². The molecule has 3 aromatic rings. The van der Waals surface area contributed by atoms with E-state index < -0.39 is 17.4 Å². The Hall–Kier alpha value is -3.28. The molecule has 0 saturated heterocycles. The number of aryl methyl sites for hydroxylation is 2. The van der Waals surface area contributed by atoms with Gasteiger partial charge in [-0.2, -0.15) is 0 Å². The quantitative estimate of drug-likeness (QED) is 0.362. The van der Waals surface area contributed by atoms with Crippen LogP contribution in [0, 0.1) is 19.7 Å². The van der Waals surface area contributed by atoms with E-state index in [1.165, 1.54) is 30.3 Å². The molecule has 0 N–H and O–H groups in total. The number of ketones is 1. The van der Waals surface area contributed by atoms with E-state index in [0.717, 1.165) is 11.1 Å². The number of rotatable bonds is 6. The Morgan fingerprint density at radius 1 is 1.00 bits per heavy atom. The topological polar surface area (TPSA) is 73.6 Å². The van der Waals surface area contributed by atoms with Crippen LogP contribution >= 0.6 is 0 Å². The number of benzene rings is 2. The van der Waals surface area contributed by atoms with Crippen LogP contribution < -0.4 is 5.63 Å². The molecule has 0 fully saturated rings. The average molecular weight is 382 g/mol. The maximum Gasteiger partial charge on any atom is 0.336 e. The summed E-state index contributed by atoms with van der Waals surface area (Å²) in [6.45, 7) is 3.77. The third kappa shape index (κ3) is 4.52. The lowest BCUT2D eigenvalue weighted by Crippen LogP contribution is -2.10. The molecule has 28 heavy (non-hydrogen) atoms. The van der Waals surface area contributed by atoms with Gasteiger partial charge in [-0.05, 0) is 61.4 Å². The van der Waals surface area contributed by atoms with Gasteiger partial charge in [0.05, 0.1) is 6.42 Å². The number of hydrogen-bond acceptors (Lipinski definition) is 5. The number of Topliss-reactive ketones (excluding diaryl/α,β-unsaturated/α-hetero) is 1. The van der Waals surface area contributed by atoms with Crippen molar-refractivity contribution in [2.45, 2.75) is 33.3 Å². The lowest BCUT2D eigenvalue weighted by Gasteiger charge is -2.09. The summed E-state index contributed by atoms with van der Waals surface area (Å²) in [5, 5.41) is 0.706. The van der Waals surface area contributed by atoms with Crippen LogP contribution in [0.1, 0.15) is 39.9 Å².